The van der Waals surface area contributed by atoms with Gasteiger partial charge in [0.2, 0.25) is 15.9 Å². The van der Waals surface area contributed by atoms with Crippen LogP contribution in [0.15, 0.2) is 54.6 Å². The molecule has 0 aliphatic carbocycles. The van der Waals surface area contributed by atoms with Crippen LogP contribution in [0.5, 0.6) is 0 Å². The zero-order valence-electron chi connectivity index (χ0n) is 17.8. The molecule has 1 fully saturated rings. The van der Waals surface area contributed by atoms with Crippen LogP contribution < -0.4 is 4.31 Å². The standard InChI is InChI=1S/C23H31N3O3S/c1-20-10-12-22(13-11-20)26(30(2,28)29)14-6-9-23(27)25-17-15-24(16-18-25)19-21-7-4-3-5-8-21/h3-5,7-8,10-13H,6,9,14-19H2,1-2H3. The average Bonchev–Trinajstić information content (AvgIpc) is 2.72. The minimum absolute atomic E-state index is 0.103. The molecule has 1 amide bonds. The van der Waals surface area contributed by atoms with E-state index in [4.69, 9.17) is 0 Å². The van der Waals surface area contributed by atoms with E-state index in [-0.39, 0.29) is 5.91 Å². The summed E-state index contributed by atoms with van der Waals surface area (Å²) in [7, 11) is -3.39. The van der Waals surface area contributed by atoms with Crippen LogP contribution >= 0.6 is 0 Å². The minimum Gasteiger partial charge on any atom is -0.340 e. The molecule has 2 aromatic carbocycles. The fraction of sp³-hybridized carbons (Fsp3) is 0.435. The fourth-order valence-electron chi connectivity index (χ4n) is 3.73. The summed E-state index contributed by atoms with van der Waals surface area (Å²) in [6.45, 7) is 6.34. The largest absolute Gasteiger partial charge is 0.340 e. The van der Waals surface area contributed by atoms with Crippen LogP contribution in [0.3, 0.4) is 0 Å². The maximum atomic E-state index is 12.6. The van der Waals surface area contributed by atoms with Crippen molar-refractivity contribution in [3.8, 4) is 0 Å². The molecule has 0 saturated carbocycles. The molecule has 0 unspecified atom stereocenters. The molecule has 0 bridgehead atoms. The molecule has 162 valence electrons. The van der Waals surface area contributed by atoms with Crippen molar-refractivity contribution in [1.82, 2.24) is 9.80 Å². The second-order valence-electron chi connectivity index (χ2n) is 7.92. The molecule has 1 heterocycles. The van der Waals surface area contributed by atoms with Crippen molar-refractivity contribution in [1.29, 1.82) is 0 Å². The highest BCUT2D eigenvalue weighted by molar-refractivity contribution is 7.92. The zero-order valence-corrected chi connectivity index (χ0v) is 18.6. The molecule has 30 heavy (non-hydrogen) atoms. The highest BCUT2D eigenvalue weighted by atomic mass is 32.2. The molecule has 0 atom stereocenters. The molecule has 2 aromatic rings. The first-order chi connectivity index (χ1) is 14.3. The second kappa shape index (κ2) is 10.1. The molecule has 0 spiro atoms. The Morgan fingerprint density at radius 3 is 2.20 bits per heavy atom. The lowest BCUT2D eigenvalue weighted by molar-refractivity contribution is -0.133. The van der Waals surface area contributed by atoms with Gasteiger partial charge >= 0.3 is 0 Å². The summed E-state index contributed by atoms with van der Waals surface area (Å²) in [4.78, 5) is 16.9. The van der Waals surface area contributed by atoms with E-state index in [0.717, 1.165) is 38.3 Å². The smallest absolute Gasteiger partial charge is 0.232 e. The van der Waals surface area contributed by atoms with Crippen LogP contribution in [0.25, 0.3) is 0 Å². The summed E-state index contributed by atoms with van der Waals surface area (Å²) in [6.07, 6.45) is 2.07. The van der Waals surface area contributed by atoms with Gasteiger partial charge in [0.15, 0.2) is 0 Å². The van der Waals surface area contributed by atoms with Crippen LogP contribution in [0, 0.1) is 6.92 Å². The number of amides is 1. The Morgan fingerprint density at radius 2 is 1.60 bits per heavy atom. The summed E-state index contributed by atoms with van der Waals surface area (Å²) in [5, 5.41) is 0. The average molecular weight is 430 g/mol. The van der Waals surface area contributed by atoms with E-state index >= 15 is 0 Å². The third kappa shape index (κ3) is 6.31. The van der Waals surface area contributed by atoms with Gasteiger partial charge in [-0.25, -0.2) is 8.42 Å². The number of sulfonamides is 1. The van der Waals surface area contributed by atoms with E-state index in [1.807, 2.05) is 54.3 Å². The lowest BCUT2D eigenvalue weighted by Crippen LogP contribution is -2.48. The maximum absolute atomic E-state index is 12.6. The number of rotatable bonds is 8. The number of hydrogen-bond acceptors (Lipinski definition) is 4. The number of nitrogens with zero attached hydrogens (tertiary/aromatic N) is 3. The fourth-order valence-corrected chi connectivity index (χ4v) is 4.69. The highest BCUT2D eigenvalue weighted by Crippen LogP contribution is 2.19. The van der Waals surface area contributed by atoms with Crippen molar-refractivity contribution in [3.05, 3.63) is 65.7 Å². The molecular weight excluding hydrogens is 398 g/mol. The normalized spacial score (nSPS) is 15.2. The summed E-state index contributed by atoms with van der Waals surface area (Å²) in [5.74, 6) is 0.103. The van der Waals surface area contributed by atoms with E-state index in [1.54, 1.807) is 0 Å². The Bertz CT molecular complexity index is 922. The summed E-state index contributed by atoms with van der Waals surface area (Å²) in [5.41, 5.74) is 3.01. The molecular formula is C23H31N3O3S. The topological polar surface area (TPSA) is 60.9 Å². The van der Waals surface area contributed by atoms with Crippen molar-refractivity contribution in [3.63, 3.8) is 0 Å². The van der Waals surface area contributed by atoms with Crippen molar-refractivity contribution in [2.45, 2.75) is 26.3 Å². The van der Waals surface area contributed by atoms with E-state index in [2.05, 4.69) is 17.0 Å². The van der Waals surface area contributed by atoms with E-state index < -0.39 is 10.0 Å². The molecule has 0 aromatic heterocycles. The Kier molecular flexibility index (Phi) is 7.50. The van der Waals surface area contributed by atoms with Crippen LogP contribution in [0.4, 0.5) is 5.69 Å². The number of carbonyl (C=O) groups excluding carboxylic acids is 1. The predicted molar refractivity (Wildman–Crippen MR) is 121 cm³/mol. The lowest BCUT2D eigenvalue weighted by Gasteiger charge is -2.35. The van der Waals surface area contributed by atoms with E-state index in [0.29, 0.717) is 25.1 Å². The van der Waals surface area contributed by atoms with Crippen LogP contribution in [0.2, 0.25) is 0 Å². The quantitative estimate of drug-likeness (QED) is 0.647. The van der Waals surface area contributed by atoms with Gasteiger partial charge < -0.3 is 4.90 Å². The summed E-state index contributed by atoms with van der Waals surface area (Å²) in [6, 6.07) is 17.8. The summed E-state index contributed by atoms with van der Waals surface area (Å²) < 4.78 is 25.8. The van der Waals surface area contributed by atoms with Crippen molar-refractivity contribution in [2.24, 2.45) is 0 Å². The van der Waals surface area contributed by atoms with Gasteiger partial charge in [-0.2, -0.15) is 0 Å². The zero-order chi connectivity index (χ0) is 21.6. The van der Waals surface area contributed by atoms with E-state index in [1.165, 1.54) is 16.1 Å². The molecule has 7 heteroatoms. The van der Waals surface area contributed by atoms with Crippen molar-refractivity contribution >= 4 is 21.6 Å². The summed E-state index contributed by atoms with van der Waals surface area (Å²) >= 11 is 0. The second-order valence-corrected chi connectivity index (χ2v) is 9.82. The number of aryl methyl sites for hydroxylation is 1. The van der Waals surface area contributed by atoms with Crippen molar-refractivity contribution in [2.75, 3.05) is 43.3 Å². The Morgan fingerprint density at radius 1 is 0.967 bits per heavy atom. The monoisotopic (exact) mass is 429 g/mol. The van der Waals surface area contributed by atoms with Gasteiger partial charge in [0, 0.05) is 45.7 Å². The predicted octanol–water partition coefficient (Wildman–Crippen LogP) is 2.89. The van der Waals surface area contributed by atoms with Crippen LogP contribution in [-0.4, -0.2) is 63.1 Å². The van der Waals surface area contributed by atoms with Gasteiger partial charge in [0.1, 0.15) is 0 Å². The third-order valence-corrected chi connectivity index (χ3v) is 6.64. The first kappa shape index (κ1) is 22.3. The number of anilines is 1. The molecule has 1 saturated heterocycles. The molecule has 3 rings (SSSR count). The molecule has 0 radical (unpaired) electrons. The third-order valence-electron chi connectivity index (χ3n) is 5.45. The molecule has 1 aliphatic heterocycles. The van der Waals surface area contributed by atoms with Gasteiger partial charge in [-0.1, -0.05) is 48.0 Å². The van der Waals surface area contributed by atoms with Gasteiger partial charge in [-0.05, 0) is 31.0 Å². The van der Waals surface area contributed by atoms with Crippen LogP contribution in [-0.2, 0) is 21.4 Å². The Labute approximate surface area is 180 Å². The molecule has 0 N–H and O–H groups in total. The van der Waals surface area contributed by atoms with Gasteiger partial charge in [-0.3, -0.25) is 14.0 Å². The van der Waals surface area contributed by atoms with Crippen molar-refractivity contribution < 1.29 is 13.2 Å². The first-order valence-corrected chi connectivity index (χ1v) is 12.3. The highest BCUT2D eigenvalue weighted by Gasteiger charge is 2.22. The SMILES string of the molecule is Cc1ccc(N(CCCC(=O)N2CCN(Cc3ccccc3)CC2)S(C)(=O)=O)cc1. The molecule has 6 nitrogen and oxygen atoms in total. The first-order valence-electron chi connectivity index (χ1n) is 10.4. The van der Waals surface area contributed by atoms with Crippen LogP contribution in [0.1, 0.15) is 24.0 Å². The number of hydrogen-bond donors (Lipinski definition) is 0. The maximum Gasteiger partial charge on any atom is 0.232 e. The lowest BCUT2D eigenvalue weighted by atomic mass is 10.2. The number of carbonyl (C=O) groups is 1. The van der Waals surface area contributed by atoms with E-state index in [9.17, 15) is 13.2 Å². The Hall–Kier alpha value is -2.38. The van der Waals surface area contributed by atoms with Gasteiger partial charge in [0.05, 0.1) is 11.9 Å². The number of benzene rings is 2. The number of piperazine rings is 1. The van der Waals surface area contributed by atoms with Gasteiger partial charge in [0.25, 0.3) is 0 Å². The Balaban J connectivity index is 1.46. The molecule has 1 aliphatic rings. The van der Waals surface area contributed by atoms with Gasteiger partial charge in [-0.15, -0.1) is 0 Å². The minimum atomic E-state index is -3.39.